The summed E-state index contributed by atoms with van der Waals surface area (Å²) >= 11 is 0. The number of likely N-dealkylation sites (tertiary alicyclic amines) is 1. The fourth-order valence-electron chi connectivity index (χ4n) is 3.51. The average Bonchev–Trinajstić information content (AvgIpc) is 3.34. The van der Waals surface area contributed by atoms with Gasteiger partial charge in [-0.25, -0.2) is 14.6 Å². The Morgan fingerprint density at radius 2 is 1.89 bits per heavy atom. The molecule has 0 amide bonds. The van der Waals surface area contributed by atoms with Crippen molar-refractivity contribution in [3.05, 3.63) is 35.1 Å². The second-order valence-corrected chi connectivity index (χ2v) is 8.35. The molecule has 0 aliphatic carbocycles. The third-order valence-electron chi connectivity index (χ3n) is 5.48. The van der Waals surface area contributed by atoms with Crippen LogP contribution in [0.25, 0.3) is 0 Å². The van der Waals surface area contributed by atoms with Crippen LogP contribution >= 0.6 is 0 Å². The number of hydrogen-bond acceptors (Lipinski definition) is 9. The maximum absolute atomic E-state index is 14.6. The Balaban J connectivity index is 0.000000604. The van der Waals surface area contributed by atoms with Gasteiger partial charge in [0.15, 0.2) is 11.6 Å². The summed E-state index contributed by atoms with van der Waals surface area (Å²) in [5.41, 5.74) is 17.0. The number of hydrogen-bond donors (Lipinski definition) is 4. The van der Waals surface area contributed by atoms with E-state index in [4.69, 9.17) is 26.1 Å². The number of nitrogens with one attached hydrogen (secondary N) is 1. The molecule has 0 bridgehead atoms. The first-order valence-electron chi connectivity index (χ1n) is 11.8. The van der Waals surface area contributed by atoms with E-state index < -0.39 is 12.1 Å². The Morgan fingerprint density at radius 3 is 2.46 bits per heavy atom. The number of aromatic nitrogens is 2. The van der Waals surface area contributed by atoms with Crippen LogP contribution in [0.15, 0.2) is 18.2 Å². The molecule has 1 fully saturated rings. The molecule has 1 aliphatic rings. The quantitative estimate of drug-likeness (QED) is 0.205. The maximum Gasteiger partial charge on any atom is 0.490 e. The third-order valence-corrected chi connectivity index (χ3v) is 5.48. The Morgan fingerprint density at radius 1 is 1.24 bits per heavy atom. The van der Waals surface area contributed by atoms with E-state index in [1.807, 2.05) is 12.1 Å². The van der Waals surface area contributed by atoms with Crippen LogP contribution < -0.4 is 26.6 Å². The minimum Gasteiger partial charge on any atom is -0.475 e. The van der Waals surface area contributed by atoms with Crippen molar-refractivity contribution in [1.82, 2.24) is 20.3 Å². The van der Waals surface area contributed by atoms with Crippen LogP contribution in [0.3, 0.4) is 0 Å². The lowest BCUT2D eigenvalue weighted by Gasteiger charge is -2.25. The summed E-state index contributed by atoms with van der Waals surface area (Å²) in [6, 6.07) is 5.43. The summed E-state index contributed by atoms with van der Waals surface area (Å²) in [4.78, 5) is 19.8. The SMILES string of the molecule is CCCCOc1nc(N)c(N)c(N(Cc2cc(CN3CCCC3)ccc2F)NC)n1.O=C(O)C(F)(F)F. The van der Waals surface area contributed by atoms with Crippen LogP contribution in [0.5, 0.6) is 6.01 Å². The van der Waals surface area contributed by atoms with E-state index >= 15 is 0 Å². The van der Waals surface area contributed by atoms with E-state index in [0.717, 1.165) is 38.0 Å². The number of nitrogen functional groups attached to an aromatic ring is 2. The number of benzene rings is 1. The molecule has 0 radical (unpaired) electrons. The molecular formula is C23H33F4N7O3. The summed E-state index contributed by atoms with van der Waals surface area (Å²) in [6.07, 6.45) is -0.766. The van der Waals surface area contributed by atoms with Gasteiger partial charge in [-0.15, -0.1) is 0 Å². The van der Waals surface area contributed by atoms with Crippen molar-refractivity contribution in [3.8, 4) is 6.01 Å². The molecule has 2 heterocycles. The minimum absolute atomic E-state index is 0.134. The molecule has 1 aliphatic heterocycles. The summed E-state index contributed by atoms with van der Waals surface area (Å²) in [5.74, 6) is -2.54. The standard InChI is InChI=1S/C21H32FN7O.C2HF3O2/c1-3-4-11-30-21-26-19(24)18(23)20(27-21)29(25-2)14-16-12-15(7-8-17(16)22)13-28-9-5-6-10-28;3-2(4,5)1(6)7/h7-8,12,25H,3-6,9-11,13-14,23H2,1-2H3,(H2,24,26,27);(H,6,7). The lowest BCUT2D eigenvalue weighted by Crippen LogP contribution is -2.36. The fraction of sp³-hybridized carbons (Fsp3) is 0.522. The Labute approximate surface area is 212 Å². The van der Waals surface area contributed by atoms with Gasteiger partial charge in [0, 0.05) is 19.2 Å². The second-order valence-electron chi connectivity index (χ2n) is 8.35. The number of anilines is 3. The first-order chi connectivity index (χ1) is 17.5. The molecular weight excluding hydrogens is 498 g/mol. The van der Waals surface area contributed by atoms with Crippen LogP contribution in [0.2, 0.25) is 0 Å². The van der Waals surface area contributed by atoms with Crippen LogP contribution in [0, 0.1) is 5.82 Å². The van der Waals surface area contributed by atoms with Crippen molar-refractivity contribution in [2.75, 3.05) is 43.2 Å². The number of halogens is 4. The molecule has 2 aromatic rings. The average molecular weight is 532 g/mol. The zero-order valence-electron chi connectivity index (χ0n) is 20.8. The number of unbranched alkanes of at least 4 members (excludes halogenated alkanes) is 1. The van der Waals surface area contributed by atoms with E-state index in [2.05, 4.69) is 27.2 Å². The van der Waals surface area contributed by atoms with Crippen LogP contribution in [0.1, 0.15) is 43.7 Å². The van der Waals surface area contributed by atoms with Gasteiger partial charge in [-0.05, 0) is 50.0 Å². The van der Waals surface area contributed by atoms with Gasteiger partial charge in [-0.1, -0.05) is 19.4 Å². The molecule has 1 aromatic heterocycles. The van der Waals surface area contributed by atoms with E-state index in [0.29, 0.717) is 18.0 Å². The van der Waals surface area contributed by atoms with E-state index in [-0.39, 0.29) is 29.9 Å². The number of nitrogens with two attached hydrogens (primary N) is 2. The first-order valence-corrected chi connectivity index (χ1v) is 11.8. The van der Waals surface area contributed by atoms with Gasteiger partial charge in [-0.3, -0.25) is 9.91 Å². The number of carbonyl (C=O) groups is 1. The molecule has 6 N–H and O–H groups in total. The van der Waals surface area contributed by atoms with Crippen LogP contribution in [-0.2, 0) is 17.9 Å². The lowest BCUT2D eigenvalue weighted by atomic mass is 10.1. The highest BCUT2D eigenvalue weighted by Crippen LogP contribution is 2.28. The van der Waals surface area contributed by atoms with Gasteiger partial charge in [-0.2, -0.15) is 23.1 Å². The maximum atomic E-state index is 14.6. The van der Waals surface area contributed by atoms with Gasteiger partial charge in [0.05, 0.1) is 13.2 Å². The molecule has 0 atom stereocenters. The lowest BCUT2D eigenvalue weighted by molar-refractivity contribution is -0.192. The number of carboxylic acid groups (broad SMARTS) is 1. The van der Waals surface area contributed by atoms with Gasteiger partial charge in [0.2, 0.25) is 0 Å². The van der Waals surface area contributed by atoms with Crippen LogP contribution in [0.4, 0.5) is 34.9 Å². The molecule has 0 saturated carbocycles. The fourth-order valence-corrected chi connectivity index (χ4v) is 3.51. The van der Waals surface area contributed by atoms with Crippen molar-refractivity contribution in [2.45, 2.75) is 51.9 Å². The van der Waals surface area contributed by atoms with Gasteiger partial charge in [0.25, 0.3) is 0 Å². The topological polar surface area (TPSA) is 143 Å². The van der Waals surface area contributed by atoms with Gasteiger partial charge < -0.3 is 21.3 Å². The molecule has 0 unspecified atom stereocenters. The van der Waals surface area contributed by atoms with E-state index in [1.165, 1.54) is 18.9 Å². The second kappa shape index (κ2) is 13.8. The predicted octanol–water partition coefficient (Wildman–Crippen LogP) is 3.33. The largest absolute Gasteiger partial charge is 0.490 e. The number of rotatable bonds is 10. The molecule has 10 nitrogen and oxygen atoms in total. The van der Waals surface area contributed by atoms with Crippen molar-refractivity contribution < 1.29 is 32.2 Å². The predicted molar refractivity (Wildman–Crippen MR) is 131 cm³/mol. The highest BCUT2D eigenvalue weighted by molar-refractivity contribution is 5.74. The van der Waals surface area contributed by atoms with Crippen molar-refractivity contribution >= 4 is 23.3 Å². The molecule has 0 spiro atoms. The summed E-state index contributed by atoms with van der Waals surface area (Å²) in [7, 11) is 1.72. The van der Waals surface area contributed by atoms with Crippen LogP contribution in [-0.4, -0.2) is 58.9 Å². The number of alkyl halides is 3. The van der Waals surface area contributed by atoms with E-state index in [9.17, 15) is 17.6 Å². The summed E-state index contributed by atoms with van der Waals surface area (Å²) in [5, 5.41) is 8.78. The smallest absolute Gasteiger partial charge is 0.475 e. The van der Waals surface area contributed by atoms with Crippen molar-refractivity contribution in [2.24, 2.45) is 0 Å². The molecule has 206 valence electrons. The highest BCUT2D eigenvalue weighted by atomic mass is 19.4. The van der Waals surface area contributed by atoms with Gasteiger partial charge >= 0.3 is 18.2 Å². The number of nitrogens with zero attached hydrogens (tertiary/aromatic N) is 4. The summed E-state index contributed by atoms with van der Waals surface area (Å²) < 4.78 is 51.9. The van der Waals surface area contributed by atoms with Crippen molar-refractivity contribution in [1.29, 1.82) is 0 Å². The Hall–Kier alpha value is -3.39. The normalized spacial score (nSPS) is 13.7. The van der Waals surface area contributed by atoms with Crippen molar-refractivity contribution in [3.63, 3.8) is 0 Å². The highest BCUT2D eigenvalue weighted by Gasteiger charge is 2.38. The first kappa shape index (κ1) is 29.8. The molecule has 1 aromatic carbocycles. The number of carboxylic acids is 1. The molecule has 37 heavy (non-hydrogen) atoms. The monoisotopic (exact) mass is 531 g/mol. The third kappa shape index (κ3) is 9.21. The Kier molecular flexibility index (Phi) is 11.1. The zero-order valence-corrected chi connectivity index (χ0v) is 20.8. The Bertz CT molecular complexity index is 1030. The van der Waals surface area contributed by atoms with E-state index in [1.54, 1.807) is 12.1 Å². The number of ether oxygens (including phenoxy) is 1. The minimum atomic E-state index is -5.08. The number of aliphatic carboxylic acids is 1. The molecule has 14 heteroatoms. The molecule has 1 saturated heterocycles. The molecule has 3 rings (SSSR count). The summed E-state index contributed by atoms with van der Waals surface area (Å²) in [6.45, 7) is 5.80. The number of hydrazine groups is 1. The van der Waals surface area contributed by atoms with Gasteiger partial charge in [0.1, 0.15) is 11.5 Å². The zero-order chi connectivity index (χ0) is 27.6.